The van der Waals surface area contributed by atoms with Crippen molar-refractivity contribution in [3.05, 3.63) is 36.5 Å². The average molecular weight is 333 g/mol. The standard InChI is InChI=1S/C15H19N5O4/c1-16-14(21)10-20-8-11(7-17-20)18-15(22)19-4-6-24-13(9-19)12-3-2-5-23-12/h2-3,5,7-8,13H,4,6,9-10H2,1H3,(H,16,21)(H,18,22). The van der Waals surface area contributed by atoms with Gasteiger partial charge in [-0.05, 0) is 12.1 Å². The van der Waals surface area contributed by atoms with Crippen LogP contribution in [-0.2, 0) is 16.1 Å². The van der Waals surface area contributed by atoms with E-state index in [2.05, 4.69) is 15.7 Å². The third kappa shape index (κ3) is 3.74. The minimum atomic E-state index is -0.268. The van der Waals surface area contributed by atoms with Gasteiger partial charge in [-0.2, -0.15) is 5.10 Å². The lowest BCUT2D eigenvalue weighted by Gasteiger charge is -2.31. The second-order valence-electron chi connectivity index (χ2n) is 5.35. The van der Waals surface area contributed by atoms with Gasteiger partial charge < -0.3 is 24.7 Å². The van der Waals surface area contributed by atoms with E-state index in [9.17, 15) is 9.59 Å². The van der Waals surface area contributed by atoms with Crippen LogP contribution in [0, 0.1) is 0 Å². The summed E-state index contributed by atoms with van der Waals surface area (Å²) in [6.45, 7) is 1.44. The number of likely N-dealkylation sites (N-methyl/N-ethyl adjacent to an activating group) is 1. The van der Waals surface area contributed by atoms with Gasteiger partial charge >= 0.3 is 6.03 Å². The van der Waals surface area contributed by atoms with Crippen molar-refractivity contribution in [2.75, 3.05) is 32.1 Å². The van der Waals surface area contributed by atoms with E-state index in [-0.39, 0.29) is 24.6 Å². The first-order valence-electron chi connectivity index (χ1n) is 7.59. The maximum Gasteiger partial charge on any atom is 0.322 e. The SMILES string of the molecule is CNC(=O)Cn1cc(NC(=O)N2CCOC(c3ccco3)C2)cn1. The Kier molecular flexibility index (Phi) is 4.80. The molecule has 2 aromatic rings. The minimum Gasteiger partial charge on any atom is -0.467 e. The molecule has 2 N–H and O–H groups in total. The largest absolute Gasteiger partial charge is 0.467 e. The van der Waals surface area contributed by atoms with Crippen molar-refractivity contribution in [3.8, 4) is 0 Å². The first kappa shape index (κ1) is 16.1. The lowest BCUT2D eigenvalue weighted by atomic mass is 10.2. The summed E-state index contributed by atoms with van der Waals surface area (Å²) in [7, 11) is 1.56. The topological polar surface area (TPSA) is 102 Å². The van der Waals surface area contributed by atoms with Gasteiger partial charge in [-0.3, -0.25) is 9.48 Å². The van der Waals surface area contributed by atoms with Crippen molar-refractivity contribution in [2.24, 2.45) is 0 Å². The van der Waals surface area contributed by atoms with Crippen LogP contribution in [0.4, 0.5) is 10.5 Å². The molecule has 0 aliphatic carbocycles. The van der Waals surface area contributed by atoms with Crippen LogP contribution in [0.3, 0.4) is 0 Å². The molecule has 1 aliphatic heterocycles. The number of furan rings is 1. The van der Waals surface area contributed by atoms with E-state index in [1.165, 1.54) is 10.9 Å². The number of carbonyl (C=O) groups is 2. The molecule has 0 bridgehead atoms. The number of nitrogens with zero attached hydrogens (tertiary/aromatic N) is 3. The van der Waals surface area contributed by atoms with Gasteiger partial charge in [0.25, 0.3) is 0 Å². The molecule has 3 rings (SSSR count). The molecule has 9 nitrogen and oxygen atoms in total. The number of amides is 3. The molecule has 24 heavy (non-hydrogen) atoms. The van der Waals surface area contributed by atoms with E-state index in [0.717, 1.165) is 0 Å². The van der Waals surface area contributed by atoms with Crippen LogP contribution in [0.2, 0.25) is 0 Å². The van der Waals surface area contributed by atoms with E-state index in [1.807, 2.05) is 6.07 Å². The van der Waals surface area contributed by atoms with Gasteiger partial charge in [-0.15, -0.1) is 0 Å². The number of carbonyl (C=O) groups excluding carboxylic acids is 2. The predicted octanol–water partition coefficient (Wildman–Crippen LogP) is 0.827. The first-order valence-corrected chi connectivity index (χ1v) is 7.59. The summed E-state index contributed by atoms with van der Waals surface area (Å²) in [6, 6.07) is 3.38. The van der Waals surface area contributed by atoms with E-state index in [1.54, 1.807) is 30.5 Å². The summed E-state index contributed by atoms with van der Waals surface area (Å²) in [5, 5.41) is 9.33. The molecule has 1 fully saturated rings. The number of hydrogen-bond donors (Lipinski definition) is 2. The predicted molar refractivity (Wildman–Crippen MR) is 84.3 cm³/mol. The maximum absolute atomic E-state index is 12.4. The molecule has 3 heterocycles. The lowest BCUT2D eigenvalue weighted by molar-refractivity contribution is -0.121. The molecule has 128 valence electrons. The highest BCUT2D eigenvalue weighted by Crippen LogP contribution is 2.23. The maximum atomic E-state index is 12.4. The fraction of sp³-hybridized carbons (Fsp3) is 0.400. The molecule has 9 heteroatoms. The van der Waals surface area contributed by atoms with Crippen LogP contribution in [0.5, 0.6) is 0 Å². The summed E-state index contributed by atoms with van der Waals surface area (Å²) in [4.78, 5) is 25.4. The van der Waals surface area contributed by atoms with Crippen LogP contribution in [0.15, 0.2) is 35.2 Å². The van der Waals surface area contributed by atoms with Gasteiger partial charge in [0.05, 0.1) is 31.3 Å². The van der Waals surface area contributed by atoms with Crippen LogP contribution >= 0.6 is 0 Å². The number of urea groups is 1. The molecule has 2 aromatic heterocycles. The number of aromatic nitrogens is 2. The average Bonchev–Trinajstić information content (AvgIpc) is 3.27. The Labute approximate surface area is 138 Å². The second kappa shape index (κ2) is 7.18. The highest BCUT2D eigenvalue weighted by atomic mass is 16.5. The van der Waals surface area contributed by atoms with Crippen LogP contribution in [0.25, 0.3) is 0 Å². The first-order chi connectivity index (χ1) is 11.7. The summed E-state index contributed by atoms with van der Waals surface area (Å²) < 4.78 is 12.4. The normalized spacial score (nSPS) is 17.5. The van der Waals surface area contributed by atoms with Crippen molar-refractivity contribution in [1.82, 2.24) is 20.0 Å². The van der Waals surface area contributed by atoms with Gasteiger partial charge in [0.1, 0.15) is 18.4 Å². The summed E-state index contributed by atoms with van der Waals surface area (Å²) >= 11 is 0. The van der Waals surface area contributed by atoms with Crippen molar-refractivity contribution in [3.63, 3.8) is 0 Å². The fourth-order valence-corrected chi connectivity index (χ4v) is 2.42. The number of ether oxygens (including phenoxy) is 1. The molecule has 1 aliphatic rings. The highest BCUT2D eigenvalue weighted by Gasteiger charge is 2.27. The summed E-state index contributed by atoms with van der Waals surface area (Å²) in [5.74, 6) is 0.538. The van der Waals surface area contributed by atoms with Crippen LogP contribution in [-0.4, -0.2) is 53.4 Å². The Morgan fingerprint density at radius 3 is 3.08 bits per heavy atom. The quantitative estimate of drug-likeness (QED) is 0.863. The fourth-order valence-electron chi connectivity index (χ4n) is 2.42. The Bertz CT molecular complexity index is 697. The van der Waals surface area contributed by atoms with Crippen LogP contribution < -0.4 is 10.6 Å². The number of hydrogen-bond acceptors (Lipinski definition) is 5. The monoisotopic (exact) mass is 333 g/mol. The van der Waals surface area contributed by atoms with E-state index in [0.29, 0.717) is 31.1 Å². The molecule has 0 aromatic carbocycles. The smallest absolute Gasteiger partial charge is 0.322 e. The Morgan fingerprint density at radius 2 is 2.33 bits per heavy atom. The highest BCUT2D eigenvalue weighted by molar-refractivity contribution is 5.89. The molecular weight excluding hydrogens is 314 g/mol. The minimum absolute atomic E-state index is 0.102. The van der Waals surface area contributed by atoms with Gasteiger partial charge in [0, 0.05) is 19.8 Å². The molecule has 1 atom stereocenters. The number of nitrogens with one attached hydrogen (secondary N) is 2. The summed E-state index contributed by atoms with van der Waals surface area (Å²) in [5.41, 5.74) is 0.532. The third-order valence-electron chi connectivity index (χ3n) is 3.68. The van der Waals surface area contributed by atoms with Gasteiger partial charge in [0.15, 0.2) is 0 Å². The van der Waals surface area contributed by atoms with Crippen LogP contribution in [0.1, 0.15) is 11.9 Å². The number of anilines is 1. The Morgan fingerprint density at radius 1 is 1.46 bits per heavy atom. The van der Waals surface area contributed by atoms with Gasteiger partial charge in [-0.1, -0.05) is 0 Å². The molecular formula is C15H19N5O4. The molecule has 0 radical (unpaired) electrons. The van der Waals surface area contributed by atoms with Gasteiger partial charge in [-0.25, -0.2) is 4.79 Å². The van der Waals surface area contributed by atoms with Gasteiger partial charge in [0.2, 0.25) is 5.91 Å². The second-order valence-corrected chi connectivity index (χ2v) is 5.35. The van der Waals surface area contributed by atoms with Crippen molar-refractivity contribution in [2.45, 2.75) is 12.6 Å². The Balaban J connectivity index is 1.57. The number of rotatable bonds is 4. The summed E-state index contributed by atoms with van der Waals surface area (Å²) in [6.07, 6.45) is 4.43. The number of morpholine rings is 1. The van der Waals surface area contributed by atoms with Crippen molar-refractivity contribution in [1.29, 1.82) is 0 Å². The zero-order valence-corrected chi connectivity index (χ0v) is 13.3. The van der Waals surface area contributed by atoms with E-state index >= 15 is 0 Å². The van der Waals surface area contributed by atoms with Crippen molar-refractivity contribution < 1.29 is 18.7 Å². The molecule has 0 saturated carbocycles. The Hall–Kier alpha value is -2.81. The molecule has 1 unspecified atom stereocenters. The zero-order valence-electron chi connectivity index (χ0n) is 13.3. The van der Waals surface area contributed by atoms with E-state index < -0.39 is 0 Å². The van der Waals surface area contributed by atoms with Crippen molar-refractivity contribution >= 4 is 17.6 Å². The van der Waals surface area contributed by atoms with E-state index in [4.69, 9.17) is 9.15 Å². The molecule has 3 amide bonds. The zero-order chi connectivity index (χ0) is 16.9. The molecule has 0 spiro atoms. The third-order valence-corrected chi connectivity index (χ3v) is 3.68. The molecule has 1 saturated heterocycles. The lowest BCUT2D eigenvalue weighted by Crippen LogP contribution is -2.44.